The predicted molar refractivity (Wildman–Crippen MR) is 162 cm³/mol. The number of carbonyl (C=O) groups excluding carboxylic acids is 3. The number of aromatic hydroxyl groups is 1. The van der Waals surface area contributed by atoms with Crippen LogP contribution in [0, 0.1) is 0 Å². The van der Waals surface area contributed by atoms with E-state index in [-0.39, 0.29) is 24.3 Å². The standard InChI is InChI=1S/C28H35N5O6S2/c1-41-11-10-20(29)25(35)31-22(12-16-6-8-18(34)9-7-16)26(36)32-23(27(37)33-24(15-40)28(38)39)13-17-14-30-21-5-3-2-4-19(17)21/h2-9,14,20,22-24,30,34,40H,10-13,15,29H2,1H3,(H,31,35)(H,32,36)(H,33,37)(H,38,39). The maximum Gasteiger partial charge on any atom is 0.327 e. The highest BCUT2D eigenvalue weighted by molar-refractivity contribution is 7.98. The number of carboxylic acid groups (broad SMARTS) is 1. The number of hydrogen-bond donors (Lipinski definition) is 8. The second-order valence-corrected chi connectivity index (χ2v) is 10.9. The van der Waals surface area contributed by atoms with Gasteiger partial charge in [0, 0.05) is 35.7 Å². The number of rotatable bonds is 15. The Labute approximate surface area is 247 Å². The van der Waals surface area contributed by atoms with Crippen LogP contribution in [0.25, 0.3) is 10.9 Å². The van der Waals surface area contributed by atoms with E-state index in [2.05, 4.69) is 33.6 Å². The van der Waals surface area contributed by atoms with Gasteiger partial charge in [0.2, 0.25) is 17.7 Å². The summed E-state index contributed by atoms with van der Waals surface area (Å²) in [5, 5.41) is 27.8. The van der Waals surface area contributed by atoms with Crippen LogP contribution in [-0.4, -0.2) is 80.8 Å². The average molecular weight is 602 g/mol. The molecule has 1 aromatic heterocycles. The molecule has 0 saturated carbocycles. The van der Waals surface area contributed by atoms with Crippen molar-refractivity contribution in [3.8, 4) is 5.75 Å². The maximum absolute atomic E-state index is 13.6. The van der Waals surface area contributed by atoms with Crippen molar-refractivity contribution in [1.29, 1.82) is 0 Å². The van der Waals surface area contributed by atoms with Gasteiger partial charge in [-0.05, 0) is 47.8 Å². The molecule has 0 saturated heterocycles. The number of nitrogens with one attached hydrogen (secondary N) is 4. The minimum atomic E-state index is -1.27. The third kappa shape index (κ3) is 9.17. The number of para-hydroxylation sites is 1. The minimum Gasteiger partial charge on any atom is -0.508 e. The first kappa shape index (κ1) is 31.8. The van der Waals surface area contributed by atoms with E-state index in [1.165, 1.54) is 12.1 Å². The van der Waals surface area contributed by atoms with Crippen LogP contribution in [-0.2, 0) is 32.0 Å². The molecule has 0 bridgehead atoms. The number of thioether (sulfide) groups is 1. The van der Waals surface area contributed by atoms with E-state index in [4.69, 9.17) is 5.73 Å². The van der Waals surface area contributed by atoms with E-state index in [0.29, 0.717) is 17.7 Å². The van der Waals surface area contributed by atoms with Crippen LogP contribution in [0.5, 0.6) is 5.75 Å². The summed E-state index contributed by atoms with van der Waals surface area (Å²) in [6.07, 6.45) is 4.14. The van der Waals surface area contributed by atoms with Gasteiger partial charge in [-0.2, -0.15) is 24.4 Å². The topological polar surface area (TPSA) is 187 Å². The molecule has 11 nitrogen and oxygen atoms in total. The molecule has 3 rings (SSSR count). The molecular weight excluding hydrogens is 566 g/mol. The lowest BCUT2D eigenvalue weighted by atomic mass is 10.0. The van der Waals surface area contributed by atoms with Crippen LogP contribution in [0.1, 0.15) is 17.5 Å². The molecule has 13 heteroatoms. The summed E-state index contributed by atoms with van der Waals surface area (Å²) in [6, 6.07) is 9.24. The first-order valence-corrected chi connectivity index (χ1v) is 15.0. The Bertz CT molecular complexity index is 1350. The second-order valence-electron chi connectivity index (χ2n) is 9.53. The fourth-order valence-corrected chi connectivity index (χ4v) is 4.93. The highest BCUT2D eigenvalue weighted by Gasteiger charge is 2.31. The molecule has 0 aliphatic carbocycles. The zero-order valence-electron chi connectivity index (χ0n) is 22.5. The summed E-state index contributed by atoms with van der Waals surface area (Å²) in [5.74, 6) is -2.59. The maximum atomic E-state index is 13.6. The van der Waals surface area contributed by atoms with Crippen molar-refractivity contribution in [3.63, 3.8) is 0 Å². The molecule has 0 aliphatic rings. The van der Waals surface area contributed by atoms with Crippen LogP contribution < -0.4 is 21.7 Å². The molecule has 8 N–H and O–H groups in total. The summed E-state index contributed by atoms with van der Waals surface area (Å²) in [4.78, 5) is 54.5. The van der Waals surface area contributed by atoms with Gasteiger partial charge in [-0.1, -0.05) is 30.3 Å². The second kappa shape index (κ2) is 15.4. The van der Waals surface area contributed by atoms with Gasteiger partial charge in [0.25, 0.3) is 0 Å². The van der Waals surface area contributed by atoms with Crippen molar-refractivity contribution in [1.82, 2.24) is 20.9 Å². The number of H-pyrrole nitrogens is 1. The third-order valence-electron chi connectivity index (χ3n) is 6.51. The average Bonchev–Trinajstić information content (AvgIpc) is 3.37. The number of fused-ring (bicyclic) bond motifs is 1. The smallest absolute Gasteiger partial charge is 0.327 e. The highest BCUT2D eigenvalue weighted by atomic mass is 32.2. The highest BCUT2D eigenvalue weighted by Crippen LogP contribution is 2.19. The summed E-state index contributed by atoms with van der Waals surface area (Å²) in [7, 11) is 0. The number of carboxylic acids is 1. The Morgan fingerprint density at radius 2 is 1.54 bits per heavy atom. The van der Waals surface area contributed by atoms with Crippen molar-refractivity contribution < 1.29 is 29.4 Å². The number of aromatic amines is 1. The summed E-state index contributed by atoms with van der Waals surface area (Å²) in [5.41, 5.74) is 8.26. The van der Waals surface area contributed by atoms with Gasteiger partial charge < -0.3 is 36.9 Å². The molecule has 220 valence electrons. The summed E-state index contributed by atoms with van der Waals surface area (Å²) in [6.45, 7) is 0. The molecule has 4 unspecified atom stereocenters. The van der Waals surface area contributed by atoms with Crippen LogP contribution in [0.15, 0.2) is 54.7 Å². The number of carbonyl (C=O) groups is 4. The Balaban J connectivity index is 1.88. The van der Waals surface area contributed by atoms with Gasteiger partial charge in [0.05, 0.1) is 6.04 Å². The predicted octanol–water partition coefficient (Wildman–Crippen LogP) is 1.21. The van der Waals surface area contributed by atoms with Crippen LogP contribution in [0.2, 0.25) is 0 Å². The number of phenolic OH excluding ortho intramolecular Hbond substituents is 1. The van der Waals surface area contributed by atoms with E-state index in [9.17, 15) is 29.4 Å². The van der Waals surface area contributed by atoms with Gasteiger partial charge in [-0.15, -0.1) is 0 Å². The number of hydrogen-bond acceptors (Lipinski definition) is 8. The molecular formula is C28H35N5O6S2. The quantitative estimate of drug-likeness (QED) is 0.119. The zero-order chi connectivity index (χ0) is 29.9. The summed E-state index contributed by atoms with van der Waals surface area (Å²) >= 11 is 5.56. The zero-order valence-corrected chi connectivity index (χ0v) is 24.2. The monoisotopic (exact) mass is 601 g/mol. The van der Waals surface area contributed by atoms with Crippen LogP contribution in [0.3, 0.4) is 0 Å². The van der Waals surface area contributed by atoms with Crippen molar-refractivity contribution in [2.45, 2.75) is 43.4 Å². The Kier molecular flexibility index (Phi) is 11.9. The molecule has 4 atom stereocenters. The molecule has 0 radical (unpaired) electrons. The number of aromatic nitrogens is 1. The van der Waals surface area contributed by atoms with E-state index in [1.807, 2.05) is 30.5 Å². The third-order valence-corrected chi connectivity index (χ3v) is 7.52. The van der Waals surface area contributed by atoms with Crippen molar-refractivity contribution >= 4 is 59.0 Å². The van der Waals surface area contributed by atoms with Crippen molar-refractivity contribution in [2.75, 3.05) is 17.8 Å². The van der Waals surface area contributed by atoms with Crippen molar-refractivity contribution in [3.05, 3.63) is 65.9 Å². The number of aliphatic carboxylic acids is 1. The minimum absolute atomic E-state index is 0.0468. The number of nitrogens with two attached hydrogens (primary N) is 1. The Morgan fingerprint density at radius 1 is 0.927 bits per heavy atom. The molecule has 3 amide bonds. The van der Waals surface area contributed by atoms with E-state index >= 15 is 0 Å². The van der Waals surface area contributed by atoms with Gasteiger partial charge in [-0.3, -0.25) is 14.4 Å². The first-order chi connectivity index (χ1) is 19.6. The lowest BCUT2D eigenvalue weighted by Gasteiger charge is -2.25. The molecule has 0 fully saturated rings. The normalized spacial score (nSPS) is 14.0. The molecule has 0 spiro atoms. The van der Waals surface area contributed by atoms with Gasteiger partial charge in [0.15, 0.2) is 0 Å². The van der Waals surface area contributed by atoms with E-state index < -0.39 is 47.9 Å². The Hall–Kier alpha value is -3.68. The van der Waals surface area contributed by atoms with Crippen LogP contribution >= 0.6 is 24.4 Å². The number of amides is 3. The fraction of sp³-hybridized carbons (Fsp3) is 0.357. The molecule has 0 aliphatic heterocycles. The van der Waals surface area contributed by atoms with Crippen molar-refractivity contribution in [2.24, 2.45) is 5.73 Å². The van der Waals surface area contributed by atoms with E-state index in [1.54, 1.807) is 30.1 Å². The van der Waals surface area contributed by atoms with Gasteiger partial charge in [-0.25, -0.2) is 4.79 Å². The molecule has 3 aromatic rings. The molecule has 2 aromatic carbocycles. The van der Waals surface area contributed by atoms with E-state index in [0.717, 1.165) is 16.5 Å². The number of benzene rings is 2. The summed E-state index contributed by atoms with van der Waals surface area (Å²) < 4.78 is 0. The number of phenols is 1. The molecule has 1 heterocycles. The lowest BCUT2D eigenvalue weighted by molar-refractivity contribution is -0.141. The SMILES string of the molecule is CSCCC(N)C(=O)NC(Cc1ccc(O)cc1)C(=O)NC(Cc1c[nH]c2ccccc12)C(=O)NC(CS)C(=O)O. The molecule has 41 heavy (non-hydrogen) atoms. The Morgan fingerprint density at radius 3 is 2.17 bits per heavy atom. The largest absolute Gasteiger partial charge is 0.508 e. The van der Waals surface area contributed by atoms with Gasteiger partial charge >= 0.3 is 5.97 Å². The fourth-order valence-electron chi connectivity index (χ4n) is 4.19. The lowest BCUT2D eigenvalue weighted by Crippen LogP contribution is -2.58. The number of thiol groups is 1. The van der Waals surface area contributed by atoms with Crippen LogP contribution in [0.4, 0.5) is 0 Å². The van der Waals surface area contributed by atoms with Gasteiger partial charge in [0.1, 0.15) is 23.9 Å². The first-order valence-electron chi connectivity index (χ1n) is 12.9.